The molecule has 0 bridgehead atoms. The van der Waals surface area contributed by atoms with Gasteiger partial charge in [-0.1, -0.05) is 34.8 Å². The summed E-state index contributed by atoms with van der Waals surface area (Å²) in [5.74, 6) is 0. The highest BCUT2D eigenvalue weighted by Gasteiger charge is 2.40. The largest absolute Gasteiger partial charge is 0.235 e. The van der Waals surface area contributed by atoms with E-state index in [0.717, 1.165) is 0 Å². The van der Waals surface area contributed by atoms with Crippen LogP contribution in [-0.2, 0) is 4.79 Å². The first-order valence-electron chi connectivity index (χ1n) is 2.47. The van der Waals surface area contributed by atoms with Gasteiger partial charge in [-0.3, -0.25) is 0 Å². The number of rotatable bonds is 1. The van der Waals surface area contributed by atoms with Gasteiger partial charge in [-0.15, -0.1) is 0 Å². The Balaban J connectivity index is 4.56. The van der Waals surface area contributed by atoms with Gasteiger partial charge in [0.05, 0.1) is 0 Å². The lowest BCUT2D eigenvalue weighted by Gasteiger charge is -2.25. The van der Waals surface area contributed by atoms with Crippen LogP contribution in [0.2, 0.25) is 0 Å². The molecule has 5 heteroatoms. The zero-order valence-electron chi connectivity index (χ0n) is 5.49. The topological polar surface area (TPSA) is 29.4 Å². The van der Waals surface area contributed by atoms with Crippen molar-refractivity contribution < 1.29 is 4.79 Å². The van der Waals surface area contributed by atoms with Crippen LogP contribution >= 0.6 is 34.8 Å². The SMILES string of the molecule is CC(C)(N=C=O)C(Cl)(Cl)Cl. The van der Waals surface area contributed by atoms with E-state index in [4.69, 9.17) is 34.8 Å². The van der Waals surface area contributed by atoms with Crippen molar-refractivity contribution in [1.29, 1.82) is 0 Å². The van der Waals surface area contributed by atoms with Crippen LogP contribution in [0.25, 0.3) is 0 Å². The fraction of sp³-hybridized carbons (Fsp3) is 0.800. The molecule has 58 valence electrons. The first-order chi connectivity index (χ1) is 4.31. The lowest BCUT2D eigenvalue weighted by molar-refractivity contribution is 0.511. The van der Waals surface area contributed by atoms with Crippen LogP contribution < -0.4 is 0 Å². The van der Waals surface area contributed by atoms with Gasteiger partial charge >= 0.3 is 0 Å². The molecule has 0 aliphatic carbocycles. The summed E-state index contributed by atoms with van der Waals surface area (Å²) in [5.41, 5.74) is -1.01. The molecule has 0 N–H and O–H groups in total. The van der Waals surface area contributed by atoms with E-state index in [0.29, 0.717) is 0 Å². The summed E-state index contributed by atoms with van der Waals surface area (Å²) in [6, 6.07) is 0. The number of nitrogens with zero attached hydrogens (tertiary/aromatic N) is 1. The van der Waals surface area contributed by atoms with Crippen molar-refractivity contribution in [3.05, 3.63) is 0 Å². The molecule has 0 spiro atoms. The lowest BCUT2D eigenvalue weighted by Crippen LogP contribution is -2.33. The van der Waals surface area contributed by atoms with Gasteiger partial charge in [0.15, 0.2) is 0 Å². The quantitative estimate of drug-likeness (QED) is 0.365. The van der Waals surface area contributed by atoms with Gasteiger partial charge in [-0.05, 0) is 13.8 Å². The first kappa shape index (κ1) is 10.2. The van der Waals surface area contributed by atoms with Crippen LogP contribution in [0.15, 0.2) is 4.99 Å². The van der Waals surface area contributed by atoms with Crippen LogP contribution in [0.3, 0.4) is 0 Å². The van der Waals surface area contributed by atoms with Crippen molar-refractivity contribution in [2.75, 3.05) is 0 Å². The van der Waals surface area contributed by atoms with Gasteiger partial charge in [0, 0.05) is 0 Å². The molecule has 0 unspecified atom stereocenters. The normalized spacial score (nSPS) is 12.5. The zero-order chi connectivity index (χ0) is 8.41. The molecule has 0 saturated heterocycles. The summed E-state index contributed by atoms with van der Waals surface area (Å²) < 4.78 is -1.57. The van der Waals surface area contributed by atoms with E-state index in [9.17, 15) is 4.79 Å². The van der Waals surface area contributed by atoms with Gasteiger partial charge in [0.1, 0.15) is 5.54 Å². The minimum absolute atomic E-state index is 1.01. The Morgan fingerprint density at radius 1 is 1.30 bits per heavy atom. The van der Waals surface area contributed by atoms with Gasteiger partial charge in [0.25, 0.3) is 0 Å². The predicted molar refractivity (Wildman–Crippen MR) is 42.5 cm³/mol. The van der Waals surface area contributed by atoms with Crippen LogP contribution in [0.4, 0.5) is 0 Å². The van der Waals surface area contributed by atoms with Crippen LogP contribution in [0.1, 0.15) is 13.8 Å². The molecule has 0 amide bonds. The maximum absolute atomic E-state index is 9.80. The van der Waals surface area contributed by atoms with E-state index < -0.39 is 9.33 Å². The lowest BCUT2D eigenvalue weighted by atomic mass is 10.1. The molecule has 10 heavy (non-hydrogen) atoms. The second kappa shape index (κ2) is 3.10. The number of hydrogen-bond donors (Lipinski definition) is 0. The van der Waals surface area contributed by atoms with Gasteiger partial charge in [-0.25, -0.2) is 4.79 Å². The first-order valence-corrected chi connectivity index (χ1v) is 3.60. The average molecular weight is 202 g/mol. The van der Waals surface area contributed by atoms with E-state index in [2.05, 4.69) is 4.99 Å². The predicted octanol–water partition coefficient (Wildman–Crippen LogP) is 2.47. The Morgan fingerprint density at radius 2 is 1.70 bits per heavy atom. The number of hydrogen-bond acceptors (Lipinski definition) is 2. The fourth-order valence-electron chi connectivity index (χ4n) is 0.177. The Bertz CT molecular complexity index is 166. The molecule has 0 aromatic rings. The molecular weight excluding hydrogens is 196 g/mol. The molecule has 0 aromatic carbocycles. The van der Waals surface area contributed by atoms with Crippen LogP contribution in [-0.4, -0.2) is 15.4 Å². The van der Waals surface area contributed by atoms with Crippen molar-refractivity contribution in [2.24, 2.45) is 4.99 Å². The molecule has 0 aromatic heterocycles. The van der Waals surface area contributed by atoms with Crippen molar-refractivity contribution in [1.82, 2.24) is 0 Å². The van der Waals surface area contributed by atoms with Crippen molar-refractivity contribution in [2.45, 2.75) is 23.2 Å². The Labute approximate surface area is 74.2 Å². The van der Waals surface area contributed by atoms with Crippen molar-refractivity contribution in [3.63, 3.8) is 0 Å². The smallest absolute Gasteiger partial charge is 0.211 e. The van der Waals surface area contributed by atoms with Crippen LogP contribution in [0.5, 0.6) is 0 Å². The standard InChI is InChI=1S/C5H6Cl3NO/c1-4(2,9-3-10)5(6,7)8/h1-2H3. The Hall–Kier alpha value is 0.250. The van der Waals surface area contributed by atoms with Gasteiger partial charge < -0.3 is 0 Å². The molecule has 0 atom stereocenters. The number of carbonyl (C=O) groups excluding carboxylic acids is 1. The van der Waals surface area contributed by atoms with E-state index in [1.165, 1.54) is 19.9 Å². The molecule has 0 aliphatic rings. The Kier molecular flexibility index (Phi) is 3.18. The highest BCUT2D eigenvalue weighted by atomic mass is 35.6. The second-order valence-corrected chi connectivity index (χ2v) is 4.54. The third-order valence-corrected chi connectivity index (χ3v) is 2.41. The summed E-state index contributed by atoms with van der Waals surface area (Å²) in [6.07, 6.45) is 1.34. The maximum atomic E-state index is 9.80. The molecule has 0 radical (unpaired) electrons. The number of alkyl halides is 3. The summed E-state index contributed by atoms with van der Waals surface area (Å²) in [5, 5.41) is 0. The number of halogens is 3. The maximum Gasteiger partial charge on any atom is 0.235 e. The number of isocyanates is 1. The minimum atomic E-state index is -1.57. The summed E-state index contributed by atoms with van der Waals surface area (Å²) >= 11 is 16.4. The van der Waals surface area contributed by atoms with Crippen LogP contribution in [0, 0.1) is 0 Å². The summed E-state index contributed by atoms with van der Waals surface area (Å²) in [4.78, 5) is 13.1. The van der Waals surface area contributed by atoms with E-state index in [-0.39, 0.29) is 0 Å². The summed E-state index contributed by atoms with van der Waals surface area (Å²) in [7, 11) is 0. The molecule has 0 aliphatic heterocycles. The van der Waals surface area contributed by atoms with E-state index in [1.807, 2.05) is 0 Å². The Morgan fingerprint density at radius 3 is 1.80 bits per heavy atom. The van der Waals surface area contributed by atoms with Gasteiger partial charge in [0.2, 0.25) is 9.87 Å². The molecule has 0 fully saturated rings. The van der Waals surface area contributed by atoms with Crippen molar-refractivity contribution >= 4 is 40.9 Å². The highest BCUT2D eigenvalue weighted by Crippen LogP contribution is 2.39. The molecule has 2 nitrogen and oxygen atoms in total. The molecule has 0 saturated carbocycles. The van der Waals surface area contributed by atoms with Crippen molar-refractivity contribution in [3.8, 4) is 0 Å². The summed E-state index contributed by atoms with van der Waals surface area (Å²) in [6.45, 7) is 3.07. The fourth-order valence-corrected chi connectivity index (χ4v) is 0.304. The number of aliphatic imine (C=N–C) groups is 1. The second-order valence-electron chi connectivity index (χ2n) is 2.26. The molecule has 0 heterocycles. The minimum Gasteiger partial charge on any atom is -0.211 e. The highest BCUT2D eigenvalue weighted by molar-refractivity contribution is 6.68. The van der Waals surface area contributed by atoms with E-state index in [1.54, 1.807) is 0 Å². The third-order valence-electron chi connectivity index (χ3n) is 1.02. The molecule has 0 rings (SSSR count). The van der Waals surface area contributed by atoms with E-state index >= 15 is 0 Å². The molecular formula is C5H6Cl3NO. The average Bonchev–Trinajstić information content (AvgIpc) is 1.61. The monoisotopic (exact) mass is 201 g/mol. The van der Waals surface area contributed by atoms with Gasteiger partial charge in [-0.2, -0.15) is 4.99 Å². The third kappa shape index (κ3) is 2.47. The zero-order valence-corrected chi connectivity index (χ0v) is 7.76.